The van der Waals surface area contributed by atoms with Gasteiger partial charge in [0.1, 0.15) is 0 Å². The Bertz CT molecular complexity index is 484. The molecule has 2 fully saturated rings. The number of halogens is 1. The van der Waals surface area contributed by atoms with Crippen molar-refractivity contribution in [2.45, 2.75) is 32.2 Å². The zero-order valence-electron chi connectivity index (χ0n) is 14.2. The largest absolute Gasteiger partial charge is 0.338 e. The molecule has 2 heterocycles. The van der Waals surface area contributed by atoms with Crippen LogP contribution in [0.1, 0.15) is 26.2 Å². The maximum absolute atomic E-state index is 12.6. The average Bonchev–Trinajstić information content (AvgIpc) is 2.80. The standard InChI is InChI=1S/C15H29N3O3S.ClH/c1-3-18(14-6-8-22(20,21)12-14)15(19)11-17-7-4-5-13(10-17)9-16-2;/h13-14,16H,3-12H2,1-2H3;1H. The first-order valence-electron chi connectivity index (χ1n) is 8.32. The van der Waals surface area contributed by atoms with E-state index >= 15 is 0 Å². The molecule has 1 N–H and O–H groups in total. The topological polar surface area (TPSA) is 69.7 Å². The van der Waals surface area contributed by atoms with E-state index in [0.29, 0.717) is 25.4 Å². The first kappa shape index (κ1) is 20.7. The number of carbonyl (C=O) groups is 1. The van der Waals surface area contributed by atoms with Crippen LogP contribution in [0.3, 0.4) is 0 Å². The van der Waals surface area contributed by atoms with Crippen LogP contribution in [0.25, 0.3) is 0 Å². The van der Waals surface area contributed by atoms with Gasteiger partial charge in [-0.3, -0.25) is 9.69 Å². The number of carbonyl (C=O) groups excluding carboxylic acids is 1. The monoisotopic (exact) mass is 367 g/mol. The SMILES string of the molecule is CCN(C(=O)CN1CCCC(CNC)C1)C1CCS(=O)(=O)C1.Cl. The molecule has 0 bridgehead atoms. The van der Waals surface area contributed by atoms with Crippen molar-refractivity contribution in [2.24, 2.45) is 5.92 Å². The van der Waals surface area contributed by atoms with Crippen molar-refractivity contribution in [3.05, 3.63) is 0 Å². The lowest BCUT2D eigenvalue weighted by atomic mass is 9.98. The number of nitrogens with one attached hydrogen (secondary N) is 1. The molecule has 1 amide bonds. The van der Waals surface area contributed by atoms with E-state index in [1.807, 2.05) is 14.0 Å². The number of likely N-dealkylation sites (N-methyl/N-ethyl adjacent to an activating group) is 1. The molecule has 0 aromatic rings. The van der Waals surface area contributed by atoms with Crippen molar-refractivity contribution in [1.82, 2.24) is 15.1 Å². The lowest BCUT2D eigenvalue weighted by Gasteiger charge is -2.35. The van der Waals surface area contributed by atoms with Gasteiger partial charge in [0.05, 0.1) is 18.1 Å². The first-order valence-corrected chi connectivity index (χ1v) is 10.1. The lowest BCUT2D eigenvalue weighted by Crippen LogP contribution is -2.48. The van der Waals surface area contributed by atoms with Crippen LogP contribution < -0.4 is 5.32 Å². The highest BCUT2D eigenvalue weighted by Crippen LogP contribution is 2.19. The van der Waals surface area contributed by atoms with Crippen LogP contribution in [0.2, 0.25) is 0 Å². The molecule has 2 rings (SSSR count). The van der Waals surface area contributed by atoms with Gasteiger partial charge in [-0.15, -0.1) is 12.4 Å². The maximum atomic E-state index is 12.6. The fraction of sp³-hybridized carbons (Fsp3) is 0.933. The molecule has 8 heteroatoms. The molecule has 2 saturated heterocycles. The Hall–Kier alpha value is -0.370. The Kier molecular flexibility index (Phi) is 8.27. The summed E-state index contributed by atoms with van der Waals surface area (Å²) in [5, 5.41) is 3.21. The van der Waals surface area contributed by atoms with Crippen molar-refractivity contribution in [2.75, 3.05) is 51.3 Å². The number of hydrogen-bond donors (Lipinski definition) is 1. The van der Waals surface area contributed by atoms with Crippen molar-refractivity contribution < 1.29 is 13.2 Å². The molecule has 2 aliphatic rings. The third kappa shape index (κ3) is 5.89. The molecule has 0 radical (unpaired) electrons. The fourth-order valence-corrected chi connectivity index (χ4v) is 5.42. The smallest absolute Gasteiger partial charge is 0.237 e. The van der Waals surface area contributed by atoms with Gasteiger partial charge < -0.3 is 10.2 Å². The van der Waals surface area contributed by atoms with Gasteiger partial charge in [-0.2, -0.15) is 0 Å². The number of amides is 1. The minimum atomic E-state index is -2.95. The van der Waals surface area contributed by atoms with Gasteiger partial charge in [0.25, 0.3) is 0 Å². The van der Waals surface area contributed by atoms with Gasteiger partial charge in [0.2, 0.25) is 5.91 Å². The van der Waals surface area contributed by atoms with Crippen LogP contribution in [0.5, 0.6) is 0 Å². The zero-order chi connectivity index (χ0) is 16.2. The minimum absolute atomic E-state index is 0. The molecule has 0 aliphatic carbocycles. The van der Waals surface area contributed by atoms with Gasteiger partial charge in [-0.1, -0.05) is 0 Å². The molecule has 2 atom stereocenters. The van der Waals surface area contributed by atoms with Crippen LogP contribution in [-0.4, -0.2) is 81.4 Å². The molecular weight excluding hydrogens is 338 g/mol. The summed E-state index contributed by atoms with van der Waals surface area (Å²) in [4.78, 5) is 16.6. The Balaban J connectivity index is 0.00000264. The second-order valence-electron chi connectivity index (χ2n) is 6.54. The van der Waals surface area contributed by atoms with Gasteiger partial charge in [-0.25, -0.2) is 8.42 Å². The molecule has 2 aliphatic heterocycles. The Morgan fingerprint density at radius 1 is 1.35 bits per heavy atom. The summed E-state index contributed by atoms with van der Waals surface area (Å²) in [5.41, 5.74) is 0. The second kappa shape index (κ2) is 9.20. The van der Waals surface area contributed by atoms with Crippen LogP contribution in [0.15, 0.2) is 0 Å². The van der Waals surface area contributed by atoms with Gasteiger partial charge in [-0.05, 0) is 52.2 Å². The van der Waals surface area contributed by atoms with E-state index in [-0.39, 0.29) is 35.9 Å². The van der Waals surface area contributed by atoms with E-state index in [4.69, 9.17) is 0 Å². The van der Waals surface area contributed by atoms with Crippen molar-refractivity contribution in [3.63, 3.8) is 0 Å². The van der Waals surface area contributed by atoms with Crippen molar-refractivity contribution in [1.29, 1.82) is 0 Å². The average molecular weight is 368 g/mol. The van der Waals surface area contributed by atoms with E-state index < -0.39 is 9.84 Å². The predicted molar refractivity (Wildman–Crippen MR) is 94.8 cm³/mol. The molecule has 0 spiro atoms. The summed E-state index contributed by atoms with van der Waals surface area (Å²) >= 11 is 0. The molecular formula is C15H30ClN3O3S. The van der Waals surface area contributed by atoms with E-state index in [1.54, 1.807) is 4.90 Å². The minimum Gasteiger partial charge on any atom is -0.338 e. The molecule has 2 unspecified atom stereocenters. The number of nitrogens with zero attached hydrogens (tertiary/aromatic N) is 2. The van der Waals surface area contributed by atoms with Crippen molar-refractivity contribution in [3.8, 4) is 0 Å². The van der Waals surface area contributed by atoms with Gasteiger partial charge >= 0.3 is 0 Å². The Morgan fingerprint density at radius 3 is 2.65 bits per heavy atom. The van der Waals surface area contributed by atoms with Crippen LogP contribution >= 0.6 is 12.4 Å². The summed E-state index contributed by atoms with van der Waals surface area (Å²) in [7, 11) is -0.987. The lowest BCUT2D eigenvalue weighted by molar-refractivity contribution is -0.134. The molecule has 136 valence electrons. The highest BCUT2D eigenvalue weighted by atomic mass is 35.5. The number of hydrogen-bond acceptors (Lipinski definition) is 5. The number of rotatable bonds is 6. The normalized spacial score (nSPS) is 27.4. The Morgan fingerprint density at radius 2 is 2.09 bits per heavy atom. The van der Waals surface area contributed by atoms with E-state index in [9.17, 15) is 13.2 Å². The quantitative estimate of drug-likeness (QED) is 0.734. The maximum Gasteiger partial charge on any atom is 0.237 e. The first-order chi connectivity index (χ1) is 10.4. The van der Waals surface area contributed by atoms with Crippen LogP contribution in [-0.2, 0) is 14.6 Å². The van der Waals surface area contributed by atoms with Gasteiger partial charge in [0, 0.05) is 19.1 Å². The third-order valence-electron chi connectivity index (χ3n) is 4.76. The zero-order valence-corrected chi connectivity index (χ0v) is 15.8. The van der Waals surface area contributed by atoms with E-state index in [1.165, 1.54) is 6.42 Å². The summed E-state index contributed by atoms with van der Waals surface area (Å²) in [6, 6.07) is -0.125. The molecule has 6 nitrogen and oxygen atoms in total. The predicted octanol–water partition coefficient (Wildman–Crippen LogP) is 0.375. The van der Waals surface area contributed by atoms with Gasteiger partial charge in [0.15, 0.2) is 9.84 Å². The highest BCUT2D eigenvalue weighted by molar-refractivity contribution is 7.91. The Labute approximate surface area is 146 Å². The molecule has 23 heavy (non-hydrogen) atoms. The number of sulfone groups is 1. The summed E-state index contributed by atoms with van der Waals surface area (Å²) < 4.78 is 23.3. The highest BCUT2D eigenvalue weighted by Gasteiger charge is 2.34. The van der Waals surface area contributed by atoms with Crippen LogP contribution in [0, 0.1) is 5.92 Å². The summed E-state index contributed by atoms with van der Waals surface area (Å²) in [6.07, 6.45) is 2.93. The van der Waals surface area contributed by atoms with Crippen molar-refractivity contribution >= 4 is 28.2 Å². The third-order valence-corrected chi connectivity index (χ3v) is 6.52. The van der Waals surface area contributed by atoms with E-state index in [0.717, 1.165) is 26.1 Å². The van der Waals surface area contributed by atoms with E-state index in [2.05, 4.69) is 10.2 Å². The number of piperidine rings is 1. The molecule has 0 aromatic carbocycles. The second-order valence-corrected chi connectivity index (χ2v) is 8.77. The fourth-order valence-electron chi connectivity index (χ4n) is 3.69. The molecule has 0 aromatic heterocycles. The summed E-state index contributed by atoms with van der Waals surface area (Å²) in [5.74, 6) is 1.04. The number of likely N-dealkylation sites (tertiary alicyclic amines) is 1. The molecule has 0 saturated carbocycles. The summed E-state index contributed by atoms with van der Waals surface area (Å²) in [6.45, 7) is 5.85. The van der Waals surface area contributed by atoms with Crippen LogP contribution in [0.4, 0.5) is 0 Å².